The van der Waals surface area contributed by atoms with E-state index in [9.17, 15) is 10.5 Å². The predicted octanol–water partition coefficient (Wildman–Crippen LogP) is 7.43. The maximum absolute atomic E-state index is 10.4. The summed E-state index contributed by atoms with van der Waals surface area (Å²) in [5.41, 5.74) is 0.846. The summed E-state index contributed by atoms with van der Waals surface area (Å²) in [6, 6.07) is 0. The second kappa shape index (κ2) is 7.67. The molecule has 0 radical (unpaired) electrons. The molecule has 5 aliphatic carbocycles. The number of hydrogen-bond acceptors (Lipinski definition) is 4. The molecule has 0 aliphatic heterocycles. The molecule has 4 nitrogen and oxygen atoms in total. The summed E-state index contributed by atoms with van der Waals surface area (Å²) in [4.78, 5) is 11.0. The van der Waals surface area contributed by atoms with Crippen LogP contribution < -0.4 is 0 Å². The third kappa shape index (κ3) is 3.14. The first-order valence-electron chi connectivity index (χ1n) is 13.6. The topological polar surface area (TPSA) is 58.9 Å². The summed E-state index contributed by atoms with van der Waals surface area (Å²) >= 11 is 0. The molecule has 5 saturated carbocycles. The van der Waals surface area contributed by atoms with Crippen molar-refractivity contribution in [2.75, 3.05) is 0 Å². The standard InChI is InChI=1S/C28H48O4/c1-25(2)17-11-13-27(5,15-17)23(25)21(31-29)19-9-7-8-10-20(19)22(32-30)24-26(3,4)18-12-14-28(24,6)16-18/h17-24,29-30H,7-16H2,1-6H3. The van der Waals surface area contributed by atoms with Gasteiger partial charge < -0.3 is 0 Å². The van der Waals surface area contributed by atoms with Crippen LogP contribution in [0.15, 0.2) is 0 Å². The first kappa shape index (κ1) is 23.6. The van der Waals surface area contributed by atoms with Crippen LogP contribution in [-0.4, -0.2) is 22.7 Å². The van der Waals surface area contributed by atoms with Gasteiger partial charge in [-0.3, -0.25) is 10.5 Å². The van der Waals surface area contributed by atoms with Crippen molar-refractivity contribution in [3.05, 3.63) is 0 Å². The summed E-state index contributed by atoms with van der Waals surface area (Å²) in [7, 11) is 0. The van der Waals surface area contributed by atoms with Gasteiger partial charge in [-0.15, -0.1) is 0 Å². The lowest BCUT2D eigenvalue weighted by molar-refractivity contribution is -0.348. The lowest BCUT2D eigenvalue weighted by Gasteiger charge is -2.53. The highest BCUT2D eigenvalue weighted by Gasteiger charge is 2.66. The van der Waals surface area contributed by atoms with Crippen LogP contribution in [0.3, 0.4) is 0 Å². The highest BCUT2D eigenvalue weighted by Crippen LogP contribution is 2.70. The molecule has 32 heavy (non-hydrogen) atoms. The van der Waals surface area contributed by atoms with Crippen LogP contribution in [0, 0.1) is 57.2 Å². The van der Waals surface area contributed by atoms with Gasteiger partial charge in [0, 0.05) is 0 Å². The van der Waals surface area contributed by atoms with Crippen molar-refractivity contribution in [2.24, 2.45) is 57.2 Å². The van der Waals surface area contributed by atoms with Crippen LogP contribution in [0.2, 0.25) is 0 Å². The van der Waals surface area contributed by atoms with E-state index in [1.165, 1.54) is 51.4 Å². The molecule has 5 rings (SSSR count). The van der Waals surface area contributed by atoms with E-state index in [0.29, 0.717) is 11.8 Å². The molecule has 0 aromatic carbocycles. The van der Waals surface area contributed by atoms with Crippen LogP contribution in [0.1, 0.15) is 106 Å². The van der Waals surface area contributed by atoms with Gasteiger partial charge in [0.2, 0.25) is 0 Å². The number of rotatable bonds is 6. The molecule has 0 heterocycles. The summed E-state index contributed by atoms with van der Waals surface area (Å²) in [6.45, 7) is 14.5. The van der Waals surface area contributed by atoms with Crippen molar-refractivity contribution < 1.29 is 20.3 Å². The van der Waals surface area contributed by atoms with Crippen molar-refractivity contribution >= 4 is 0 Å². The van der Waals surface area contributed by atoms with E-state index in [2.05, 4.69) is 41.5 Å². The molecule has 5 aliphatic rings. The molecule has 0 amide bonds. The Kier molecular flexibility index (Phi) is 5.65. The van der Waals surface area contributed by atoms with Gasteiger partial charge in [0.05, 0.1) is 12.2 Å². The fourth-order valence-corrected chi connectivity index (χ4v) is 11.1. The minimum absolute atomic E-state index is 0.169. The fraction of sp³-hybridized carbons (Fsp3) is 1.00. The first-order chi connectivity index (χ1) is 15.0. The van der Waals surface area contributed by atoms with Crippen LogP contribution >= 0.6 is 0 Å². The molecule has 5 fully saturated rings. The van der Waals surface area contributed by atoms with E-state index in [1.54, 1.807) is 0 Å². The van der Waals surface area contributed by atoms with Gasteiger partial charge in [-0.05, 0) is 109 Å². The van der Waals surface area contributed by atoms with E-state index in [-0.39, 0.29) is 45.7 Å². The molecule has 0 spiro atoms. The van der Waals surface area contributed by atoms with Gasteiger partial charge in [0.25, 0.3) is 0 Å². The molecule has 10 atom stereocenters. The predicted molar refractivity (Wildman–Crippen MR) is 126 cm³/mol. The maximum Gasteiger partial charge on any atom is 0.0997 e. The summed E-state index contributed by atoms with van der Waals surface area (Å²) in [6.07, 6.45) is 11.8. The molecular formula is C28H48O4. The highest BCUT2D eigenvalue weighted by atomic mass is 17.1. The highest BCUT2D eigenvalue weighted by molar-refractivity contribution is 5.14. The molecule has 0 aromatic rings. The zero-order valence-corrected chi connectivity index (χ0v) is 21.4. The van der Waals surface area contributed by atoms with Crippen molar-refractivity contribution in [3.63, 3.8) is 0 Å². The minimum atomic E-state index is -0.169. The van der Waals surface area contributed by atoms with Gasteiger partial charge in [-0.2, -0.15) is 0 Å². The SMILES string of the molecule is CC12CCC(C1)C(C)(C)C2C(OO)C1CCCCC1C(OO)C1C2(C)CCC(C2)C1(C)C. The molecule has 184 valence electrons. The Balaban J connectivity index is 1.48. The zero-order chi connectivity index (χ0) is 23.1. The van der Waals surface area contributed by atoms with Crippen LogP contribution in [0.5, 0.6) is 0 Å². The van der Waals surface area contributed by atoms with Crippen LogP contribution in [0.4, 0.5) is 0 Å². The largest absolute Gasteiger partial charge is 0.252 e. The van der Waals surface area contributed by atoms with Gasteiger partial charge in [0.15, 0.2) is 0 Å². The quantitative estimate of drug-likeness (QED) is 0.327. The Hall–Kier alpha value is -0.160. The lowest BCUT2D eigenvalue weighted by Crippen LogP contribution is -2.54. The minimum Gasteiger partial charge on any atom is -0.252 e. The average Bonchev–Trinajstić information content (AvgIpc) is 3.42. The number of hydrogen-bond donors (Lipinski definition) is 2. The van der Waals surface area contributed by atoms with E-state index in [0.717, 1.165) is 24.7 Å². The molecule has 0 aromatic heterocycles. The maximum atomic E-state index is 10.4. The Morgan fingerprint density at radius 2 is 1.00 bits per heavy atom. The van der Waals surface area contributed by atoms with Crippen molar-refractivity contribution in [2.45, 2.75) is 118 Å². The molecular weight excluding hydrogens is 400 g/mol. The summed E-state index contributed by atoms with van der Waals surface area (Å²) in [5, 5.41) is 20.8. The third-order valence-corrected chi connectivity index (χ3v) is 12.4. The van der Waals surface area contributed by atoms with Crippen LogP contribution in [0.25, 0.3) is 0 Å². The number of fused-ring (bicyclic) bond motifs is 4. The Morgan fingerprint density at radius 3 is 1.28 bits per heavy atom. The molecule has 10 unspecified atom stereocenters. The second-order valence-corrected chi connectivity index (χ2v) is 14.5. The molecule has 2 N–H and O–H groups in total. The Bertz CT molecular complexity index is 649. The van der Waals surface area contributed by atoms with E-state index in [4.69, 9.17) is 9.78 Å². The molecule has 4 bridgehead atoms. The van der Waals surface area contributed by atoms with Crippen molar-refractivity contribution in [3.8, 4) is 0 Å². The lowest BCUT2D eigenvalue weighted by atomic mass is 9.54. The molecule has 4 heteroatoms. The van der Waals surface area contributed by atoms with Gasteiger partial charge in [-0.1, -0.05) is 54.4 Å². The van der Waals surface area contributed by atoms with Gasteiger partial charge >= 0.3 is 0 Å². The van der Waals surface area contributed by atoms with Crippen LogP contribution in [-0.2, 0) is 9.78 Å². The van der Waals surface area contributed by atoms with Crippen molar-refractivity contribution in [1.82, 2.24) is 0 Å². The molecule has 0 saturated heterocycles. The monoisotopic (exact) mass is 448 g/mol. The average molecular weight is 449 g/mol. The second-order valence-electron chi connectivity index (χ2n) is 14.5. The van der Waals surface area contributed by atoms with Crippen molar-refractivity contribution in [1.29, 1.82) is 0 Å². The summed E-state index contributed by atoms with van der Waals surface area (Å²) < 4.78 is 0. The third-order valence-electron chi connectivity index (χ3n) is 12.4. The van der Waals surface area contributed by atoms with E-state index < -0.39 is 0 Å². The smallest absolute Gasteiger partial charge is 0.0997 e. The fourth-order valence-electron chi connectivity index (χ4n) is 11.1. The zero-order valence-electron chi connectivity index (χ0n) is 21.4. The first-order valence-corrected chi connectivity index (χ1v) is 13.6. The normalized spacial score (nSPS) is 50.6. The van der Waals surface area contributed by atoms with Gasteiger partial charge in [0.1, 0.15) is 0 Å². The van der Waals surface area contributed by atoms with E-state index in [1.807, 2.05) is 0 Å². The van der Waals surface area contributed by atoms with E-state index >= 15 is 0 Å². The Labute approximate surface area is 195 Å². The summed E-state index contributed by atoms with van der Waals surface area (Å²) in [5.74, 6) is 2.64. The van der Waals surface area contributed by atoms with Gasteiger partial charge in [-0.25, -0.2) is 9.78 Å². The Morgan fingerprint density at radius 1 is 0.625 bits per heavy atom.